The molecule has 1 aromatic heterocycles. The minimum atomic E-state index is -0.601. The maximum Gasteiger partial charge on any atom is 0.315 e. The average Bonchev–Trinajstić information content (AvgIpc) is 2.39. The maximum atomic E-state index is 11.4. The van der Waals surface area contributed by atoms with E-state index in [1.54, 1.807) is 18.0 Å². The van der Waals surface area contributed by atoms with Crippen LogP contribution in [0, 0.1) is 0 Å². The largest absolute Gasteiger partial charge is 0.387 e. The van der Waals surface area contributed by atoms with Gasteiger partial charge in [0.15, 0.2) is 0 Å². The van der Waals surface area contributed by atoms with Gasteiger partial charge in [-0.05, 0) is 43.9 Å². The number of aliphatic hydroxyl groups excluding tert-OH is 1. The van der Waals surface area contributed by atoms with Crippen LogP contribution in [0.2, 0.25) is 0 Å². The van der Waals surface area contributed by atoms with E-state index in [1.807, 2.05) is 12.1 Å². The molecule has 1 saturated heterocycles. The fraction of sp³-hybridized carbons (Fsp3) is 0.538. The second-order valence-corrected chi connectivity index (χ2v) is 4.73. The zero-order chi connectivity index (χ0) is 13.1. The van der Waals surface area contributed by atoms with Crippen LogP contribution in [0.25, 0.3) is 0 Å². The fourth-order valence-corrected chi connectivity index (χ4v) is 2.44. The van der Waals surface area contributed by atoms with Crippen LogP contribution in [0.4, 0.5) is 4.79 Å². The van der Waals surface area contributed by atoms with Crippen molar-refractivity contribution in [3.8, 4) is 0 Å². The van der Waals surface area contributed by atoms with Crippen molar-refractivity contribution in [1.82, 2.24) is 9.88 Å². The van der Waals surface area contributed by atoms with Crippen LogP contribution in [0.15, 0.2) is 18.3 Å². The lowest BCUT2D eigenvalue weighted by Crippen LogP contribution is -2.41. The summed E-state index contributed by atoms with van der Waals surface area (Å²) >= 11 is 0. The highest BCUT2D eigenvalue weighted by molar-refractivity contribution is 5.72. The van der Waals surface area contributed by atoms with Crippen molar-refractivity contribution < 1.29 is 9.90 Å². The van der Waals surface area contributed by atoms with Crippen LogP contribution in [0.5, 0.6) is 0 Å². The first kappa shape index (κ1) is 12.8. The van der Waals surface area contributed by atoms with Crippen LogP contribution >= 0.6 is 0 Å². The van der Waals surface area contributed by atoms with Crippen molar-refractivity contribution in [3.05, 3.63) is 29.6 Å². The summed E-state index contributed by atoms with van der Waals surface area (Å²) in [6.07, 6.45) is 4.06. The van der Waals surface area contributed by atoms with Gasteiger partial charge in [-0.15, -0.1) is 0 Å². The SMILES string of the molecule is C[C@@H](O)c1cc(C2CCCCN2C(N)=O)ccn1. The number of carbonyl (C=O) groups excluding carboxylic acids is 1. The number of hydrogen-bond donors (Lipinski definition) is 2. The first-order chi connectivity index (χ1) is 8.59. The average molecular weight is 249 g/mol. The third-order valence-electron chi connectivity index (χ3n) is 3.40. The Bertz CT molecular complexity index is 434. The summed E-state index contributed by atoms with van der Waals surface area (Å²) in [4.78, 5) is 17.3. The number of primary amides is 1. The predicted molar refractivity (Wildman–Crippen MR) is 67.8 cm³/mol. The number of carbonyl (C=O) groups is 1. The molecule has 5 heteroatoms. The summed E-state index contributed by atoms with van der Waals surface area (Å²) in [6.45, 7) is 2.38. The van der Waals surface area contributed by atoms with E-state index < -0.39 is 6.10 Å². The molecule has 2 amide bonds. The normalized spacial score (nSPS) is 21.7. The van der Waals surface area contributed by atoms with E-state index in [0.29, 0.717) is 12.2 Å². The smallest absolute Gasteiger partial charge is 0.315 e. The summed E-state index contributed by atoms with van der Waals surface area (Å²) < 4.78 is 0. The van der Waals surface area contributed by atoms with E-state index in [-0.39, 0.29) is 12.1 Å². The van der Waals surface area contributed by atoms with E-state index in [1.165, 1.54) is 0 Å². The molecule has 0 bridgehead atoms. The molecule has 0 radical (unpaired) electrons. The molecular formula is C13H19N3O2. The van der Waals surface area contributed by atoms with Crippen LogP contribution in [0.1, 0.15) is 49.6 Å². The van der Waals surface area contributed by atoms with E-state index >= 15 is 0 Å². The molecule has 0 spiro atoms. The van der Waals surface area contributed by atoms with Gasteiger partial charge in [-0.2, -0.15) is 0 Å². The highest BCUT2D eigenvalue weighted by Gasteiger charge is 2.26. The first-order valence-electron chi connectivity index (χ1n) is 6.29. The zero-order valence-corrected chi connectivity index (χ0v) is 10.5. The zero-order valence-electron chi connectivity index (χ0n) is 10.5. The minimum absolute atomic E-state index is 0.0109. The molecule has 2 atom stereocenters. The Morgan fingerprint density at radius 1 is 1.61 bits per heavy atom. The van der Waals surface area contributed by atoms with Crippen molar-refractivity contribution in [3.63, 3.8) is 0 Å². The number of pyridine rings is 1. The number of nitrogens with two attached hydrogens (primary N) is 1. The Morgan fingerprint density at radius 2 is 2.39 bits per heavy atom. The van der Waals surface area contributed by atoms with Gasteiger partial charge >= 0.3 is 6.03 Å². The van der Waals surface area contributed by atoms with Gasteiger partial charge in [0.05, 0.1) is 17.8 Å². The molecule has 0 aromatic carbocycles. The number of urea groups is 1. The molecule has 1 aromatic rings. The number of hydrogen-bond acceptors (Lipinski definition) is 3. The second-order valence-electron chi connectivity index (χ2n) is 4.73. The van der Waals surface area contributed by atoms with Gasteiger partial charge in [0.1, 0.15) is 0 Å². The van der Waals surface area contributed by atoms with Crippen LogP contribution in [-0.2, 0) is 0 Å². The van der Waals surface area contributed by atoms with Gasteiger partial charge in [-0.3, -0.25) is 4.98 Å². The van der Waals surface area contributed by atoms with Gasteiger partial charge in [-0.1, -0.05) is 0 Å². The molecule has 1 fully saturated rings. The van der Waals surface area contributed by atoms with Crippen LogP contribution in [0.3, 0.4) is 0 Å². The number of aromatic nitrogens is 1. The molecule has 2 rings (SSSR count). The topological polar surface area (TPSA) is 79.5 Å². The van der Waals surface area contributed by atoms with Crippen LogP contribution < -0.4 is 5.73 Å². The minimum Gasteiger partial charge on any atom is -0.387 e. The summed E-state index contributed by atoms with van der Waals surface area (Å²) in [5, 5.41) is 9.55. The van der Waals surface area contributed by atoms with Crippen molar-refractivity contribution in [1.29, 1.82) is 0 Å². The van der Waals surface area contributed by atoms with E-state index in [4.69, 9.17) is 5.73 Å². The molecule has 5 nitrogen and oxygen atoms in total. The van der Waals surface area contributed by atoms with Crippen molar-refractivity contribution >= 4 is 6.03 Å². The molecule has 0 aliphatic carbocycles. The lowest BCUT2D eigenvalue weighted by atomic mass is 9.95. The first-order valence-corrected chi connectivity index (χ1v) is 6.29. The monoisotopic (exact) mass is 249 g/mol. The number of aliphatic hydroxyl groups is 1. The molecule has 18 heavy (non-hydrogen) atoms. The van der Waals surface area contributed by atoms with Crippen molar-refractivity contribution in [2.24, 2.45) is 5.73 Å². The molecule has 3 N–H and O–H groups in total. The summed E-state index contributed by atoms with van der Waals surface area (Å²) in [5.41, 5.74) is 7.04. The third kappa shape index (κ3) is 2.61. The van der Waals surface area contributed by atoms with E-state index in [0.717, 1.165) is 24.8 Å². The third-order valence-corrected chi connectivity index (χ3v) is 3.40. The Morgan fingerprint density at radius 3 is 3.06 bits per heavy atom. The standard InChI is InChI=1S/C13H19N3O2/c1-9(17)11-8-10(5-6-15-11)12-4-2-3-7-16(12)13(14)18/h5-6,8-9,12,17H,2-4,7H2,1H3,(H2,14,18)/t9-,12?/m1/s1. The van der Waals surface area contributed by atoms with Gasteiger partial charge in [0, 0.05) is 12.7 Å². The number of nitrogens with zero attached hydrogens (tertiary/aromatic N) is 2. The number of likely N-dealkylation sites (tertiary alicyclic amines) is 1. The number of piperidine rings is 1. The predicted octanol–water partition coefficient (Wildman–Crippen LogP) is 1.74. The Labute approximate surface area is 107 Å². The molecule has 1 unspecified atom stereocenters. The van der Waals surface area contributed by atoms with E-state index in [2.05, 4.69) is 4.98 Å². The Hall–Kier alpha value is -1.62. The van der Waals surface area contributed by atoms with Gasteiger partial charge in [0.2, 0.25) is 0 Å². The lowest BCUT2D eigenvalue weighted by Gasteiger charge is -2.34. The number of rotatable bonds is 2. The Balaban J connectivity index is 2.28. The molecule has 0 saturated carbocycles. The van der Waals surface area contributed by atoms with Gasteiger partial charge < -0.3 is 15.7 Å². The summed E-state index contributed by atoms with van der Waals surface area (Å²) in [7, 11) is 0. The van der Waals surface area contributed by atoms with Crippen molar-refractivity contribution in [2.45, 2.75) is 38.3 Å². The fourth-order valence-electron chi connectivity index (χ4n) is 2.44. The summed E-state index contributed by atoms with van der Waals surface area (Å²) in [5.74, 6) is 0. The van der Waals surface area contributed by atoms with Gasteiger partial charge in [0.25, 0.3) is 0 Å². The molecule has 1 aliphatic heterocycles. The molecule has 1 aliphatic rings. The van der Waals surface area contributed by atoms with Gasteiger partial charge in [-0.25, -0.2) is 4.79 Å². The molecular weight excluding hydrogens is 230 g/mol. The summed E-state index contributed by atoms with van der Waals surface area (Å²) in [6, 6.07) is 3.38. The Kier molecular flexibility index (Phi) is 3.81. The lowest BCUT2D eigenvalue weighted by molar-refractivity contribution is 0.159. The second kappa shape index (κ2) is 5.35. The highest BCUT2D eigenvalue weighted by Crippen LogP contribution is 2.31. The van der Waals surface area contributed by atoms with E-state index in [9.17, 15) is 9.90 Å². The van der Waals surface area contributed by atoms with Crippen molar-refractivity contribution in [2.75, 3.05) is 6.54 Å². The van der Waals surface area contributed by atoms with Crippen LogP contribution in [-0.4, -0.2) is 27.6 Å². The quantitative estimate of drug-likeness (QED) is 0.837. The number of amides is 2. The molecule has 2 heterocycles. The highest BCUT2D eigenvalue weighted by atomic mass is 16.3. The maximum absolute atomic E-state index is 11.4. The molecule has 98 valence electrons.